The molecule has 0 aromatic rings. The van der Waals surface area contributed by atoms with Crippen LogP contribution in [0.25, 0.3) is 0 Å². The molecule has 0 fully saturated rings. The molecule has 0 bridgehead atoms. The highest BCUT2D eigenvalue weighted by molar-refractivity contribution is 5.75. The Hall–Kier alpha value is -0.610. The molecule has 0 radical (unpaired) electrons. The normalized spacial score (nSPS) is 12.9. The van der Waals surface area contributed by atoms with Gasteiger partial charge in [-0.2, -0.15) is 0 Å². The minimum absolute atomic E-state index is 0.347. The van der Waals surface area contributed by atoms with E-state index in [1.54, 1.807) is 6.92 Å². The lowest BCUT2D eigenvalue weighted by atomic mass is 10.2. The van der Waals surface area contributed by atoms with Gasteiger partial charge in [-0.05, 0) is 19.3 Å². The highest BCUT2D eigenvalue weighted by Crippen LogP contribution is 1.96. The van der Waals surface area contributed by atoms with Gasteiger partial charge in [0.2, 0.25) is 0 Å². The van der Waals surface area contributed by atoms with E-state index >= 15 is 0 Å². The van der Waals surface area contributed by atoms with Crippen LogP contribution in [0.5, 0.6) is 0 Å². The summed E-state index contributed by atoms with van der Waals surface area (Å²) in [7, 11) is 0. The van der Waals surface area contributed by atoms with Crippen molar-refractivity contribution in [3.8, 4) is 0 Å². The lowest BCUT2D eigenvalue weighted by Crippen LogP contribution is -2.33. The van der Waals surface area contributed by atoms with Gasteiger partial charge in [-0.3, -0.25) is 4.79 Å². The molecule has 2 N–H and O–H groups in total. The summed E-state index contributed by atoms with van der Waals surface area (Å²) in [5, 5.41) is 0. The van der Waals surface area contributed by atoms with Crippen LogP contribution in [-0.4, -0.2) is 31.8 Å². The van der Waals surface area contributed by atoms with Gasteiger partial charge < -0.3 is 15.2 Å². The Kier molecular flexibility index (Phi) is 7.42. The highest BCUT2D eigenvalue weighted by Gasteiger charge is 2.13. The summed E-state index contributed by atoms with van der Waals surface area (Å²) in [6.45, 7) is 7.50. The summed E-state index contributed by atoms with van der Waals surface area (Å²) in [4.78, 5) is 11.1. The second-order valence-electron chi connectivity index (χ2n) is 3.62. The van der Waals surface area contributed by atoms with E-state index in [-0.39, 0.29) is 5.97 Å². The first-order valence-electron chi connectivity index (χ1n) is 5.07. The summed E-state index contributed by atoms with van der Waals surface area (Å²) in [5.74, 6) is 0.162. The van der Waals surface area contributed by atoms with Crippen LogP contribution >= 0.6 is 0 Å². The molecule has 1 atom stereocenters. The molecule has 0 spiro atoms. The van der Waals surface area contributed by atoms with Crippen LogP contribution in [0.2, 0.25) is 0 Å². The third kappa shape index (κ3) is 6.86. The van der Waals surface area contributed by atoms with Gasteiger partial charge in [0, 0.05) is 13.2 Å². The average Bonchev–Trinajstić information content (AvgIpc) is 2.12. The fourth-order valence-corrected chi connectivity index (χ4v) is 0.896. The smallest absolute Gasteiger partial charge is 0.322 e. The van der Waals surface area contributed by atoms with Crippen molar-refractivity contribution in [2.45, 2.75) is 33.2 Å². The van der Waals surface area contributed by atoms with E-state index in [0.717, 1.165) is 0 Å². The molecular formula is C10H21NO3. The van der Waals surface area contributed by atoms with Gasteiger partial charge in [-0.1, -0.05) is 13.8 Å². The van der Waals surface area contributed by atoms with Crippen LogP contribution in [0.4, 0.5) is 0 Å². The molecule has 0 aliphatic rings. The van der Waals surface area contributed by atoms with Crippen LogP contribution < -0.4 is 5.73 Å². The molecule has 0 aromatic carbocycles. The van der Waals surface area contributed by atoms with Crippen LogP contribution in [0.3, 0.4) is 0 Å². The van der Waals surface area contributed by atoms with Crippen molar-refractivity contribution in [1.82, 2.24) is 0 Å². The third-order valence-corrected chi connectivity index (χ3v) is 1.61. The van der Waals surface area contributed by atoms with E-state index in [2.05, 4.69) is 13.8 Å². The third-order valence-electron chi connectivity index (χ3n) is 1.61. The van der Waals surface area contributed by atoms with E-state index in [0.29, 0.717) is 32.2 Å². The summed E-state index contributed by atoms with van der Waals surface area (Å²) >= 11 is 0. The average molecular weight is 203 g/mol. The molecule has 4 nitrogen and oxygen atoms in total. The zero-order valence-electron chi connectivity index (χ0n) is 9.29. The predicted molar refractivity (Wildman–Crippen MR) is 54.9 cm³/mol. The molecule has 14 heavy (non-hydrogen) atoms. The number of carbonyl (C=O) groups excluding carboxylic acids is 1. The fraction of sp³-hybridized carbons (Fsp3) is 0.900. The zero-order chi connectivity index (χ0) is 11.0. The standard InChI is InChI=1S/C10H21NO3/c1-4-14-10(12)9(11)5-6-13-7-8(2)3/h8-9H,4-7,11H2,1-3H3. The van der Waals surface area contributed by atoms with Crippen molar-refractivity contribution in [2.75, 3.05) is 19.8 Å². The van der Waals surface area contributed by atoms with Crippen LogP contribution in [-0.2, 0) is 14.3 Å². The maximum atomic E-state index is 11.1. The maximum Gasteiger partial charge on any atom is 0.322 e. The largest absolute Gasteiger partial charge is 0.465 e. The molecular weight excluding hydrogens is 182 g/mol. The van der Waals surface area contributed by atoms with Crippen LogP contribution in [0, 0.1) is 5.92 Å². The topological polar surface area (TPSA) is 61.5 Å². The molecule has 0 saturated carbocycles. The molecule has 84 valence electrons. The van der Waals surface area contributed by atoms with E-state index in [1.165, 1.54) is 0 Å². The van der Waals surface area contributed by atoms with E-state index in [1.807, 2.05) is 0 Å². The molecule has 0 rings (SSSR count). The molecule has 0 heterocycles. The Balaban J connectivity index is 3.43. The second-order valence-corrected chi connectivity index (χ2v) is 3.62. The molecule has 1 unspecified atom stereocenters. The van der Waals surface area contributed by atoms with Gasteiger partial charge in [0.15, 0.2) is 0 Å². The fourth-order valence-electron chi connectivity index (χ4n) is 0.896. The van der Waals surface area contributed by atoms with Crippen molar-refractivity contribution in [3.63, 3.8) is 0 Å². The Bertz CT molecular complexity index is 159. The van der Waals surface area contributed by atoms with Gasteiger partial charge in [0.25, 0.3) is 0 Å². The first-order chi connectivity index (χ1) is 6.57. The molecule has 0 aliphatic carbocycles. The van der Waals surface area contributed by atoms with Crippen LogP contribution in [0.15, 0.2) is 0 Å². The lowest BCUT2D eigenvalue weighted by Gasteiger charge is -2.11. The summed E-state index contributed by atoms with van der Waals surface area (Å²) in [5.41, 5.74) is 5.57. The van der Waals surface area contributed by atoms with Crippen molar-refractivity contribution in [1.29, 1.82) is 0 Å². The number of esters is 1. The van der Waals surface area contributed by atoms with Crippen molar-refractivity contribution >= 4 is 5.97 Å². The number of hydrogen-bond donors (Lipinski definition) is 1. The molecule has 0 aliphatic heterocycles. The number of hydrogen-bond acceptors (Lipinski definition) is 4. The Morgan fingerprint density at radius 1 is 1.43 bits per heavy atom. The number of rotatable bonds is 7. The Morgan fingerprint density at radius 2 is 2.07 bits per heavy atom. The Labute approximate surface area is 85.8 Å². The monoisotopic (exact) mass is 203 g/mol. The first kappa shape index (κ1) is 13.4. The zero-order valence-corrected chi connectivity index (χ0v) is 9.29. The predicted octanol–water partition coefficient (Wildman–Crippen LogP) is 0.939. The minimum atomic E-state index is -0.554. The summed E-state index contributed by atoms with van der Waals surface area (Å²) in [6.07, 6.45) is 0.519. The molecule has 0 amide bonds. The van der Waals surface area contributed by atoms with Gasteiger partial charge in [0.05, 0.1) is 6.61 Å². The summed E-state index contributed by atoms with van der Waals surface area (Å²) < 4.78 is 10.1. The number of carbonyl (C=O) groups is 1. The quantitative estimate of drug-likeness (QED) is 0.494. The van der Waals surface area contributed by atoms with E-state index in [9.17, 15) is 4.79 Å². The molecule has 4 heteroatoms. The van der Waals surface area contributed by atoms with Gasteiger partial charge >= 0.3 is 5.97 Å². The highest BCUT2D eigenvalue weighted by atomic mass is 16.5. The van der Waals surface area contributed by atoms with Crippen molar-refractivity contribution < 1.29 is 14.3 Å². The second kappa shape index (κ2) is 7.76. The maximum absolute atomic E-state index is 11.1. The molecule has 0 saturated heterocycles. The van der Waals surface area contributed by atoms with Gasteiger partial charge in [-0.25, -0.2) is 0 Å². The number of ether oxygens (including phenoxy) is 2. The SMILES string of the molecule is CCOC(=O)C(N)CCOCC(C)C. The number of nitrogens with two attached hydrogens (primary N) is 1. The van der Waals surface area contributed by atoms with Crippen LogP contribution in [0.1, 0.15) is 27.2 Å². The van der Waals surface area contributed by atoms with E-state index in [4.69, 9.17) is 15.2 Å². The summed E-state index contributed by atoms with van der Waals surface area (Å²) in [6, 6.07) is -0.554. The van der Waals surface area contributed by atoms with Crippen molar-refractivity contribution in [2.24, 2.45) is 11.7 Å². The van der Waals surface area contributed by atoms with E-state index < -0.39 is 6.04 Å². The van der Waals surface area contributed by atoms with Gasteiger partial charge in [-0.15, -0.1) is 0 Å². The minimum Gasteiger partial charge on any atom is -0.465 e. The molecule has 0 aromatic heterocycles. The van der Waals surface area contributed by atoms with Crippen molar-refractivity contribution in [3.05, 3.63) is 0 Å². The lowest BCUT2D eigenvalue weighted by molar-refractivity contribution is -0.145. The first-order valence-corrected chi connectivity index (χ1v) is 5.07. The van der Waals surface area contributed by atoms with Gasteiger partial charge in [0.1, 0.15) is 6.04 Å². The Morgan fingerprint density at radius 3 is 2.57 bits per heavy atom.